The lowest BCUT2D eigenvalue weighted by Gasteiger charge is -2.39. The second kappa shape index (κ2) is 5.00. The van der Waals surface area contributed by atoms with E-state index in [0.29, 0.717) is 19.1 Å². The number of morpholine rings is 1. The average molecular weight is 248 g/mol. The van der Waals surface area contributed by atoms with Gasteiger partial charge < -0.3 is 4.74 Å². The molecule has 2 saturated heterocycles. The molecule has 6 heteroatoms. The van der Waals surface area contributed by atoms with Gasteiger partial charge in [0.25, 0.3) is 0 Å². The number of piperidine rings is 1. The molecule has 0 atom stereocenters. The van der Waals surface area contributed by atoms with Crippen molar-refractivity contribution in [3.8, 4) is 0 Å². The maximum atomic E-state index is 11.4. The van der Waals surface area contributed by atoms with Crippen molar-refractivity contribution in [1.82, 2.24) is 9.21 Å². The zero-order valence-electron chi connectivity index (χ0n) is 9.76. The molecule has 2 aliphatic rings. The Morgan fingerprint density at radius 2 is 1.62 bits per heavy atom. The molecule has 5 nitrogen and oxygen atoms in total. The molecule has 0 radical (unpaired) electrons. The maximum Gasteiger partial charge on any atom is 0.211 e. The summed E-state index contributed by atoms with van der Waals surface area (Å²) in [4.78, 5) is 2.43. The molecule has 2 rings (SSSR count). The van der Waals surface area contributed by atoms with Gasteiger partial charge in [-0.1, -0.05) is 0 Å². The van der Waals surface area contributed by atoms with Crippen molar-refractivity contribution in [3.05, 3.63) is 0 Å². The Balaban J connectivity index is 1.85. The summed E-state index contributed by atoms with van der Waals surface area (Å²) >= 11 is 0. The van der Waals surface area contributed by atoms with Gasteiger partial charge in [0.05, 0.1) is 19.5 Å². The van der Waals surface area contributed by atoms with E-state index in [2.05, 4.69) is 4.90 Å². The van der Waals surface area contributed by atoms with E-state index in [9.17, 15) is 8.42 Å². The highest BCUT2D eigenvalue weighted by Crippen LogP contribution is 2.19. The molecule has 2 aliphatic heterocycles. The zero-order chi connectivity index (χ0) is 11.6. The van der Waals surface area contributed by atoms with Crippen LogP contribution >= 0.6 is 0 Å². The van der Waals surface area contributed by atoms with E-state index in [4.69, 9.17) is 4.74 Å². The molecular weight excluding hydrogens is 228 g/mol. The summed E-state index contributed by atoms with van der Waals surface area (Å²) in [6, 6.07) is 0.543. The summed E-state index contributed by atoms with van der Waals surface area (Å²) in [5.41, 5.74) is 0. The molecule has 16 heavy (non-hydrogen) atoms. The quantitative estimate of drug-likeness (QED) is 0.676. The Labute approximate surface area is 97.4 Å². The molecular formula is C10H20N2O3S. The third-order valence-electron chi connectivity index (χ3n) is 3.45. The van der Waals surface area contributed by atoms with Gasteiger partial charge in [-0.15, -0.1) is 0 Å². The van der Waals surface area contributed by atoms with Crippen LogP contribution in [0.1, 0.15) is 12.8 Å². The molecule has 2 heterocycles. The van der Waals surface area contributed by atoms with E-state index in [1.54, 1.807) is 4.31 Å². The average Bonchev–Trinajstić information content (AvgIpc) is 2.29. The van der Waals surface area contributed by atoms with Crippen molar-refractivity contribution in [3.63, 3.8) is 0 Å². The SMILES string of the molecule is CS(=O)(=O)N1CCC(N2CCOCC2)CC1. The van der Waals surface area contributed by atoms with Gasteiger partial charge in [-0.25, -0.2) is 12.7 Å². The smallest absolute Gasteiger partial charge is 0.211 e. The summed E-state index contributed by atoms with van der Waals surface area (Å²) in [7, 11) is -2.99. The molecule has 0 bridgehead atoms. The van der Waals surface area contributed by atoms with Crippen LogP contribution in [0.3, 0.4) is 0 Å². The molecule has 0 aromatic carbocycles. The Morgan fingerprint density at radius 3 is 2.12 bits per heavy atom. The van der Waals surface area contributed by atoms with Gasteiger partial charge in [-0.3, -0.25) is 4.90 Å². The predicted octanol–water partition coefficient (Wildman–Crippen LogP) is -0.257. The first-order valence-corrected chi connectivity index (χ1v) is 7.69. The Bertz CT molecular complexity index is 317. The summed E-state index contributed by atoms with van der Waals surface area (Å²) in [5.74, 6) is 0. The van der Waals surface area contributed by atoms with E-state index in [-0.39, 0.29) is 0 Å². The fourth-order valence-corrected chi connectivity index (χ4v) is 3.36. The molecule has 0 aromatic rings. The standard InChI is InChI=1S/C10H20N2O3S/c1-16(13,14)12-4-2-10(3-5-12)11-6-8-15-9-7-11/h10H,2-9H2,1H3. The first kappa shape index (κ1) is 12.3. The second-order valence-electron chi connectivity index (χ2n) is 4.54. The highest BCUT2D eigenvalue weighted by Gasteiger charge is 2.28. The molecule has 0 aromatic heterocycles. The number of hydrogen-bond donors (Lipinski definition) is 0. The monoisotopic (exact) mass is 248 g/mol. The van der Waals surface area contributed by atoms with Crippen LogP contribution in [0.2, 0.25) is 0 Å². The van der Waals surface area contributed by atoms with Gasteiger partial charge in [0.2, 0.25) is 10.0 Å². The zero-order valence-corrected chi connectivity index (χ0v) is 10.6. The van der Waals surface area contributed by atoms with Gasteiger partial charge >= 0.3 is 0 Å². The summed E-state index contributed by atoms with van der Waals surface area (Å²) < 4.78 is 29.6. The highest BCUT2D eigenvalue weighted by molar-refractivity contribution is 7.88. The first-order valence-electron chi connectivity index (χ1n) is 5.84. The van der Waals surface area contributed by atoms with Crippen molar-refractivity contribution in [2.75, 3.05) is 45.6 Å². The third-order valence-corrected chi connectivity index (χ3v) is 4.76. The van der Waals surface area contributed by atoms with Crippen LogP contribution in [0.5, 0.6) is 0 Å². The van der Waals surface area contributed by atoms with Crippen molar-refractivity contribution in [1.29, 1.82) is 0 Å². The lowest BCUT2D eigenvalue weighted by molar-refractivity contribution is 0.00613. The van der Waals surface area contributed by atoms with Gasteiger partial charge in [0.15, 0.2) is 0 Å². The molecule has 0 spiro atoms. The third kappa shape index (κ3) is 2.94. The van der Waals surface area contributed by atoms with Gasteiger partial charge in [-0.2, -0.15) is 0 Å². The molecule has 0 amide bonds. The molecule has 94 valence electrons. The van der Waals surface area contributed by atoms with Crippen LogP contribution in [-0.4, -0.2) is 69.3 Å². The van der Waals surface area contributed by atoms with E-state index < -0.39 is 10.0 Å². The van der Waals surface area contributed by atoms with Crippen LogP contribution in [0.15, 0.2) is 0 Å². The first-order chi connectivity index (χ1) is 7.57. The molecule has 0 saturated carbocycles. The normalized spacial score (nSPS) is 27.1. The largest absolute Gasteiger partial charge is 0.379 e. The molecule has 2 fully saturated rings. The minimum Gasteiger partial charge on any atom is -0.379 e. The van der Waals surface area contributed by atoms with Gasteiger partial charge in [-0.05, 0) is 12.8 Å². The molecule has 0 aliphatic carbocycles. The highest BCUT2D eigenvalue weighted by atomic mass is 32.2. The van der Waals surface area contributed by atoms with E-state index in [1.807, 2.05) is 0 Å². The number of hydrogen-bond acceptors (Lipinski definition) is 4. The van der Waals surface area contributed by atoms with Crippen molar-refractivity contribution in [2.24, 2.45) is 0 Å². The fourth-order valence-electron chi connectivity index (χ4n) is 2.48. The van der Waals surface area contributed by atoms with Crippen LogP contribution in [0.4, 0.5) is 0 Å². The summed E-state index contributed by atoms with van der Waals surface area (Å²) in [6.07, 6.45) is 3.20. The summed E-state index contributed by atoms with van der Waals surface area (Å²) in [6.45, 7) is 4.94. The minimum absolute atomic E-state index is 0.543. The fraction of sp³-hybridized carbons (Fsp3) is 1.00. The Kier molecular flexibility index (Phi) is 3.84. The lowest BCUT2D eigenvalue weighted by atomic mass is 10.0. The molecule has 0 N–H and O–H groups in total. The van der Waals surface area contributed by atoms with E-state index in [0.717, 1.165) is 39.1 Å². The van der Waals surface area contributed by atoms with E-state index in [1.165, 1.54) is 6.26 Å². The lowest BCUT2D eigenvalue weighted by Crippen LogP contribution is -2.49. The van der Waals surface area contributed by atoms with E-state index >= 15 is 0 Å². The predicted molar refractivity (Wildman–Crippen MR) is 61.8 cm³/mol. The number of ether oxygens (including phenoxy) is 1. The molecule has 0 unspecified atom stereocenters. The van der Waals surface area contributed by atoms with Crippen LogP contribution in [0, 0.1) is 0 Å². The van der Waals surface area contributed by atoms with Crippen LogP contribution in [-0.2, 0) is 14.8 Å². The number of nitrogens with zero attached hydrogens (tertiary/aromatic N) is 2. The van der Waals surface area contributed by atoms with Crippen LogP contribution < -0.4 is 0 Å². The van der Waals surface area contributed by atoms with Crippen molar-refractivity contribution >= 4 is 10.0 Å². The minimum atomic E-state index is -2.99. The van der Waals surface area contributed by atoms with Gasteiger partial charge in [0.1, 0.15) is 0 Å². The Morgan fingerprint density at radius 1 is 1.06 bits per heavy atom. The Hall–Kier alpha value is -0.170. The van der Waals surface area contributed by atoms with Crippen molar-refractivity contribution < 1.29 is 13.2 Å². The topological polar surface area (TPSA) is 49.9 Å². The maximum absolute atomic E-state index is 11.4. The van der Waals surface area contributed by atoms with Gasteiger partial charge in [0, 0.05) is 32.2 Å². The number of rotatable bonds is 2. The second-order valence-corrected chi connectivity index (χ2v) is 6.52. The number of sulfonamides is 1. The van der Waals surface area contributed by atoms with Crippen LogP contribution in [0.25, 0.3) is 0 Å². The van der Waals surface area contributed by atoms with Crippen molar-refractivity contribution in [2.45, 2.75) is 18.9 Å². The summed E-state index contributed by atoms with van der Waals surface area (Å²) in [5, 5.41) is 0.